The Morgan fingerprint density at radius 1 is 0.953 bits per heavy atom. The minimum atomic E-state index is -3.75. The second kappa shape index (κ2) is 13.1. The van der Waals surface area contributed by atoms with Crippen LogP contribution in [0, 0.1) is 6.92 Å². The van der Waals surface area contributed by atoms with E-state index in [1.54, 1.807) is 30.3 Å². The molecule has 5 rings (SSSR count). The van der Waals surface area contributed by atoms with Crippen molar-refractivity contribution in [3.63, 3.8) is 0 Å². The Kier molecular flexibility index (Phi) is 9.11. The van der Waals surface area contributed by atoms with Crippen LogP contribution in [0.3, 0.4) is 0 Å². The van der Waals surface area contributed by atoms with E-state index in [9.17, 15) is 13.2 Å². The zero-order valence-corrected chi connectivity index (χ0v) is 25.3. The Hall–Kier alpha value is -4.63. The van der Waals surface area contributed by atoms with Gasteiger partial charge >= 0.3 is 5.97 Å². The number of benzene rings is 4. The van der Waals surface area contributed by atoms with Gasteiger partial charge in [-0.25, -0.2) is 18.2 Å². The molecule has 222 valence electrons. The maximum absolute atomic E-state index is 13.1. The molecule has 0 spiro atoms. The molecule has 4 aromatic carbocycles. The molecule has 43 heavy (non-hydrogen) atoms. The van der Waals surface area contributed by atoms with Crippen molar-refractivity contribution in [2.75, 3.05) is 11.8 Å². The Morgan fingerprint density at radius 2 is 1.67 bits per heavy atom. The lowest BCUT2D eigenvalue weighted by molar-refractivity contribution is -0.149. The Balaban J connectivity index is 1.41. The first-order valence-corrected chi connectivity index (χ1v) is 15.7. The van der Waals surface area contributed by atoms with Gasteiger partial charge in [-0.15, -0.1) is 0 Å². The van der Waals surface area contributed by atoms with Crippen molar-refractivity contribution in [3.05, 3.63) is 120 Å². The van der Waals surface area contributed by atoms with Crippen LogP contribution in [-0.4, -0.2) is 31.0 Å². The van der Waals surface area contributed by atoms with Crippen LogP contribution in [0.5, 0.6) is 5.75 Å². The van der Waals surface area contributed by atoms with Gasteiger partial charge in [-0.05, 0) is 61.4 Å². The largest absolute Gasteiger partial charge is 0.474 e. The highest BCUT2D eigenvalue weighted by atomic mass is 32.2. The van der Waals surface area contributed by atoms with Gasteiger partial charge in [0.2, 0.25) is 6.10 Å². The van der Waals surface area contributed by atoms with Gasteiger partial charge < -0.3 is 14.0 Å². The number of rotatable bonds is 12. The van der Waals surface area contributed by atoms with E-state index in [0.29, 0.717) is 23.5 Å². The summed E-state index contributed by atoms with van der Waals surface area (Å²) in [7, 11) is -2.40. The van der Waals surface area contributed by atoms with E-state index in [-0.39, 0.29) is 4.90 Å². The molecule has 1 aromatic heterocycles. The summed E-state index contributed by atoms with van der Waals surface area (Å²) in [6.07, 6.45) is 1.93. The number of fused-ring (bicyclic) bond motifs is 1. The SMILES string of the molecule is CCCCc1nc2ccc(NS(=O)(=O)c3ccc(C)cc3)cc2n1Cc1ccc(OC(C(=O)OC)c2ccccc2)cc1. The number of hydrogen-bond donors (Lipinski definition) is 1. The Labute approximate surface area is 252 Å². The van der Waals surface area contributed by atoms with Crippen molar-refractivity contribution in [2.45, 2.75) is 50.7 Å². The van der Waals surface area contributed by atoms with Crippen LogP contribution in [-0.2, 0) is 32.5 Å². The molecule has 0 fully saturated rings. The van der Waals surface area contributed by atoms with Crippen molar-refractivity contribution >= 4 is 32.7 Å². The summed E-state index contributed by atoms with van der Waals surface area (Å²) in [4.78, 5) is 17.5. The number of nitrogens with zero attached hydrogens (tertiary/aromatic N) is 2. The summed E-state index contributed by atoms with van der Waals surface area (Å²) in [5.41, 5.74) is 4.80. The molecule has 0 aliphatic rings. The number of imidazole rings is 1. The van der Waals surface area contributed by atoms with E-state index < -0.39 is 22.1 Å². The number of hydrogen-bond acceptors (Lipinski definition) is 6. The third-order valence-electron chi connectivity index (χ3n) is 7.20. The maximum Gasteiger partial charge on any atom is 0.351 e. The Morgan fingerprint density at radius 3 is 2.35 bits per heavy atom. The fourth-order valence-electron chi connectivity index (χ4n) is 4.85. The molecule has 1 atom stereocenters. The third kappa shape index (κ3) is 7.06. The zero-order chi connectivity index (χ0) is 30.4. The van der Waals surface area contributed by atoms with Crippen molar-refractivity contribution in [3.8, 4) is 5.75 Å². The van der Waals surface area contributed by atoms with Crippen LogP contribution in [0.15, 0.2) is 102 Å². The number of carbonyl (C=O) groups is 1. The van der Waals surface area contributed by atoms with Crippen molar-refractivity contribution in [1.82, 2.24) is 9.55 Å². The van der Waals surface area contributed by atoms with E-state index in [1.165, 1.54) is 7.11 Å². The summed E-state index contributed by atoms with van der Waals surface area (Å²) < 4.78 is 42.0. The molecule has 9 heteroatoms. The molecule has 1 N–H and O–H groups in total. The van der Waals surface area contributed by atoms with Crippen molar-refractivity contribution in [1.29, 1.82) is 0 Å². The highest BCUT2D eigenvalue weighted by Gasteiger charge is 2.23. The van der Waals surface area contributed by atoms with Crippen LogP contribution < -0.4 is 9.46 Å². The summed E-state index contributed by atoms with van der Waals surface area (Å²) >= 11 is 0. The van der Waals surface area contributed by atoms with Crippen molar-refractivity contribution < 1.29 is 22.7 Å². The number of aryl methyl sites for hydroxylation is 2. The van der Waals surface area contributed by atoms with Crippen molar-refractivity contribution in [2.24, 2.45) is 0 Å². The fraction of sp³-hybridized carbons (Fsp3) is 0.235. The van der Waals surface area contributed by atoms with Crippen LogP contribution in [0.4, 0.5) is 5.69 Å². The lowest BCUT2D eigenvalue weighted by Crippen LogP contribution is -2.20. The van der Waals surface area contributed by atoms with Crippen LogP contribution >= 0.6 is 0 Å². The highest BCUT2D eigenvalue weighted by Crippen LogP contribution is 2.27. The first-order valence-electron chi connectivity index (χ1n) is 14.2. The average Bonchev–Trinajstić information content (AvgIpc) is 3.35. The van der Waals surface area contributed by atoms with Gasteiger partial charge in [0, 0.05) is 18.5 Å². The van der Waals surface area contributed by atoms with Crippen LogP contribution in [0.1, 0.15) is 48.4 Å². The maximum atomic E-state index is 13.1. The number of sulfonamides is 1. The minimum Gasteiger partial charge on any atom is -0.474 e. The zero-order valence-electron chi connectivity index (χ0n) is 24.5. The number of carbonyl (C=O) groups excluding carboxylic acids is 1. The number of esters is 1. The second-order valence-corrected chi connectivity index (χ2v) is 12.1. The quantitative estimate of drug-likeness (QED) is 0.158. The van der Waals surface area contributed by atoms with Gasteiger partial charge in [0.05, 0.1) is 28.7 Å². The number of ether oxygens (including phenoxy) is 2. The molecular weight excluding hydrogens is 562 g/mol. The first-order chi connectivity index (χ1) is 20.8. The van der Waals surface area contributed by atoms with Crippen LogP contribution in [0.2, 0.25) is 0 Å². The van der Waals surface area contributed by atoms with E-state index >= 15 is 0 Å². The van der Waals surface area contributed by atoms with E-state index in [0.717, 1.165) is 47.2 Å². The molecule has 1 heterocycles. The van der Waals surface area contributed by atoms with Gasteiger partial charge in [0.25, 0.3) is 10.0 Å². The number of nitrogens with one attached hydrogen (secondary N) is 1. The monoisotopic (exact) mass is 597 g/mol. The predicted molar refractivity (Wildman–Crippen MR) is 168 cm³/mol. The molecule has 0 amide bonds. The average molecular weight is 598 g/mol. The molecule has 0 aliphatic heterocycles. The number of unbranched alkanes of at least 4 members (excludes halogenated alkanes) is 1. The van der Waals surface area contributed by atoms with E-state index in [4.69, 9.17) is 14.5 Å². The van der Waals surface area contributed by atoms with Gasteiger partial charge in [-0.3, -0.25) is 4.72 Å². The topological polar surface area (TPSA) is 99.5 Å². The molecule has 5 aromatic rings. The van der Waals surface area contributed by atoms with Crippen LogP contribution in [0.25, 0.3) is 11.0 Å². The molecule has 8 nitrogen and oxygen atoms in total. The summed E-state index contributed by atoms with van der Waals surface area (Å²) in [5, 5.41) is 0. The molecule has 0 saturated carbocycles. The lowest BCUT2D eigenvalue weighted by atomic mass is 10.1. The normalized spacial score (nSPS) is 12.2. The molecule has 0 radical (unpaired) electrons. The summed E-state index contributed by atoms with van der Waals surface area (Å²) in [6, 6.07) is 29.0. The third-order valence-corrected chi connectivity index (χ3v) is 8.60. The van der Waals surface area contributed by atoms with E-state index in [2.05, 4.69) is 16.2 Å². The molecule has 0 aliphatic carbocycles. The second-order valence-electron chi connectivity index (χ2n) is 10.4. The van der Waals surface area contributed by atoms with Gasteiger partial charge in [-0.2, -0.15) is 0 Å². The molecular formula is C34H35N3O5S. The minimum absolute atomic E-state index is 0.208. The first kappa shape index (κ1) is 29.8. The molecule has 1 unspecified atom stereocenters. The van der Waals surface area contributed by atoms with Gasteiger partial charge in [0.15, 0.2) is 0 Å². The summed E-state index contributed by atoms with van der Waals surface area (Å²) in [5.74, 6) is 0.998. The number of anilines is 1. The number of methoxy groups -OCH3 is 1. The number of aromatic nitrogens is 2. The molecule has 0 bridgehead atoms. The smallest absolute Gasteiger partial charge is 0.351 e. The highest BCUT2D eigenvalue weighted by molar-refractivity contribution is 7.92. The molecule has 0 saturated heterocycles. The standard InChI is InChI=1S/C34H35N3O5S/c1-4-5-11-32-35-30-21-16-27(36-43(39,40)29-19-12-24(2)13-20-29)22-31(30)37(32)23-25-14-17-28(18-15-25)42-33(34(38)41-3)26-9-7-6-8-10-26/h6-10,12-22,33,36H,4-5,11,23H2,1-3H3. The van der Waals surface area contributed by atoms with E-state index in [1.807, 2.05) is 73.7 Å². The lowest BCUT2D eigenvalue weighted by Gasteiger charge is -2.17. The fourth-order valence-corrected chi connectivity index (χ4v) is 5.90. The van der Waals surface area contributed by atoms with Gasteiger partial charge in [0.1, 0.15) is 11.6 Å². The predicted octanol–water partition coefficient (Wildman–Crippen LogP) is 6.83. The summed E-state index contributed by atoms with van der Waals surface area (Å²) in [6.45, 7) is 4.59. The van der Waals surface area contributed by atoms with Gasteiger partial charge in [-0.1, -0.05) is 73.5 Å². The Bertz CT molecular complexity index is 1800.